The molecule has 0 rings (SSSR count). The molecule has 0 saturated carbocycles. The van der Waals surface area contributed by atoms with Crippen LogP contribution < -0.4 is 0 Å². The molecule has 0 spiro atoms. The first-order valence-electron chi connectivity index (χ1n) is 0.408. The first kappa shape index (κ1) is 8.82. The zero-order chi connectivity index (χ0) is 2.71. The summed E-state index contributed by atoms with van der Waals surface area (Å²) in [6.07, 6.45) is 0. The van der Waals surface area contributed by atoms with E-state index in [1.807, 2.05) is 0 Å². The Morgan fingerprint density at radius 1 is 1.75 bits per heavy atom. The molecule has 0 amide bonds. The summed E-state index contributed by atoms with van der Waals surface area (Å²) in [5.41, 5.74) is 0. The van der Waals surface area contributed by atoms with Gasteiger partial charge in [-0.25, -0.2) is 4.79 Å². The van der Waals surface area contributed by atoms with Crippen LogP contribution in [0.5, 0.6) is 0 Å². The van der Waals surface area contributed by atoms with Crippen molar-refractivity contribution in [1.29, 1.82) is 0 Å². The van der Waals surface area contributed by atoms with E-state index in [9.17, 15) is 0 Å². The van der Waals surface area contributed by atoms with Crippen molar-refractivity contribution >= 4 is 17.5 Å². The molecule has 3 heteroatoms. The minimum Gasteiger partial charge on any atom is -0.220 e. The van der Waals surface area contributed by atoms with Crippen LogP contribution in [-0.2, 0) is 25.9 Å². The molecule has 0 fully saturated rings. The van der Waals surface area contributed by atoms with Gasteiger partial charge in [-0.05, 0) is 0 Å². The van der Waals surface area contributed by atoms with Crippen LogP contribution in [0.3, 0.4) is 0 Å². The fourth-order valence-corrected chi connectivity index (χ4v) is 0. The van der Waals surface area contributed by atoms with Crippen LogP contribution in [0.4, 0.5) is 0 Å². The van der Waals surface area contributed by atoms with Gasteiger partial charge in [-0.2, -0.15) is 0 Å². The Labute approximate surface area is 43.6 Å². The summed E-state index contributed by atoms with van der Waals surface area (Å²) in [4.78, 5) is 8.50. The molecule has 26 valence electrons. The Bertz CT molecular complexity index is 29.0. The Morgan fingerprint density at radius 2 is 1.75 bits per heavy atom. The summed E-state index contributed by atoms with van der Waals surface area (Å²) < 4.78 is 0. The van der Waals surface area contributed by atoms with E-state index in [0.29, 0.717) is 0 Å². The van der Waals surface area contributed by atoms with Gasteiger partial charge in [0.15, 0.2) is 0 Å². The SMILES string of the molecule is O=C=S.[Pt]. The summed E-state index contributed by atoms with van der Waals surface area (Å²) >= 11 is 3.59. The van der Waals surface area contributed by atoms with E-state index in [-0.39, 0.29) is 21.1 Å². The van der Waals surface area contributed by atoms with E-state index in [0.717, 1.165) is 5.23 Å². The minimum atomic E-state index is 0. The third-order valence-electron chi connectivity index (χ3n) is 0. The predicted molar refractivity (Wildman–Crippen MR) is 13.3 cm³/mol. The van der Waals surface area contributed by atoms with Crippen molar-refractivity contribution in [2.45, 2.75) is 0 Å². The van der Waals surface area contributed by atoms with Crippen LogP contribution in [0.2, 0.25) is 0 Å². The van der Waals surface area contributed by atoms with Gasteiger partial charge in [0, 0.05) is 33.3 Å². The number of rotatable bonds is 0. The Kier molecular flexibility index (Phi) is 21.5. The molecule has 0 aliphatic carbocycles. The average Bonchev–Trinajstić information content (AvgIpc) is 0.918. The summed E-state index contributed by atoms with van der Waals surface area (Å²) in [6.45, 7) is 0. The molecule has 0 aromatic carbocycles. The maximum absolute atomic E-state index is 8.50. The standard InChI is InChI=1S/COS.Pt/c2-1-3;. The van der Waals surface area contributed by atoms with Gasteiger partial charge in [0.1, 0.15) is 0 Å². The third-order valence-corrected chi connectivity index (χ3v) is 0. The van der Waals surface area contributed by atoms with Crippen molar-refractivity contribution in [2.75, 3.05) is 0 Å². The molecule has 0 unspecified atom stereocenters. The van der Waals surface area contributed by atoms with Gasteiger partial charge >= 0.3 is 0 Å². The topological polar surface area (TPSA) is 17.1 Å². The molecule has 0 heterocycles. The van der Waals surface area contributed by atoms with Gasteiger partial charge in [0.25, 0.3) is 0 Å². The molecular weight excluding hydrogens is 255 g/mol. The molecule has 0 aromatic heterocycles. The van der Waals surface area contributed by atoms with Gasteiger partial charge < -0.3 is 0 Å². The molecule has 0 aromatic rings. The molecule has 0 radical (unpaired) electrons. The molecule has 0 N–H and O–H groups in total. The maximum atomic E-state index is 8.50. The van der Waals surface area contributed by atoms with Crippen LogP contribution >= 0.6 is 12.2 Å². The third kappa shape index (κ3) is 23.1. The molecule has 0 saturated heterocycles. The van der Waals surface area contributed by atoms with E-state index in [1.165, 1.54) is 0 Å². The van der Waals surface area contributed by atoms with Crippen molar-refractivity contribution < 1.29 is 25.9 Å². The van der Waals surface area contributed by atoms with E-state index < -0.39 is 0 Å². The largest absolute Gasteiger partial charge is 0.220 e. The predicted octanol–water partition coefficient (Wildman–Crippen LogP) is 0.249. The molecule has 1 nitrogen and oxygen atoms in total. The van der Waals surface area contributed by atoms with Crippen LogP contribution in [0.25, 0.3) is 0 Å². The molecule has 0 aliphatic heterocycles. The fraction of sp³-hybridized carbons (Fsp3) is 0. The second-order valence-corrected chi connectivity index (χ2v) is 0.250. The molecular formula is COPtS. The monoisotopic (exact) mass is 255 g/mol. The zero-order valence-electron chi connectivity index (χ0n) is 1.63. The number of hydrogen-bond acceptors (Lipinski definition) is 2. The molecule has 0 aliphatic rings. The molecule has 0 bridgehead atoms. The summed E-state index contributed by atoms with van der Waals surface area (Å²) in [5.74, 6) is 0. The zero-order valence-corrected chi connectivity index (χ0v) is 4.72. The van der Waals surface area contributed by atoms with Crippen LogP contribution in [0.15, 0.2) is 0 Å². The van der Waals surface area contributed by atoms with Crippen molar-refractivity contribution in [2.24, 2.45) is 0 Å². The van der Waals surface area contributed by atoms with Gasteiger partial charge in [0.05, 0.1) is 0 Å². The second-order valence-electron chi connectivity index (χ2n) is 0.0833. The average molecular weight is 255 g/mol. The van der Waals surface area contributed by atoms with Gasteiger partial charge in [-0.3, -0.25) is 0 Å². The fourth-order valence-electron chi connectivity index (χ4n) is 0. The number of carbonyl (C=O) groups excluding carboxylic acids is 1. The summed E-state index contributed by atoms with van der Waals surface area (Å²) in [7, 11) is 0. The smallest absolute Gasteiger partial charge is 0.202 e. The first-order valence-corrected chi connectivity index (χ1v) is 0.816. The second kappa shape index (κ2) is 9.75. The van der Waals surface area contributed by atoms with Crippen LogP contribution in [-0.4, -0.2) is 5.23 Å². The molecule has 4 heavy (non-hydrogen) atoms. The maximum Gasteiger partial charge on any atom is 0.202 e. The van der Waals surface area contributed by atoms with Crippen molar-refractivity contribution in [3.63, 3.8) is 0 Å². The number of thiocarbonyl (C=S) groups is 1. The van der Waals surface area contributed by atoms with Gasteiger partial charge in [-0.1, -0.05) is 0 Å². The van der Waals surface area contributed by atoms with Crippen molar-refractivity contribution in [3.8, 4) is 0 Å². The summed E-state index contributed by atoms with van der Waals surface area (Å²) in [6, 6.07) is 0. The normalized spacial score (nSPS) is 2.00. The summed E-state index contributed by atoms with van der Waals surface area (Å²) in [5, 5.41) is 1.08. The molecule has 0 atom stereocenters. The van der Waals surface area contributed by atoms with Crippen LogP contribution in [0, 0.1) is 0 Å². The van der Waals surface area contributed by atoms with Crippen molar-refractivity contribution in [1.82, 2.24) is 0 Å². The van der Waals surface area contributed by atoms with Crippen molar-refractivity contribution in [3.05, 3.63) is 0 Å². The Morgan fingerprint density at radius 3 is 1.75 bits per heavy atom. The van der Waals surface area contributed by atoms with Gasteiger partial charge in [-0.15, -0.1) is 0 Å². The Balaban J connectivity index is 0. The van der Waals surface area contributed by atoms with E-state index in [4.69, 9.17) is 4.79 Å². The minimum absolute atomic E-state index is 0. The quantitative estimate of drug-likeness (QED) is 0.577. The van der Waals surface area contributed by atoms with E-state index >= 15 is 0 Å². The first-order chi connectivity index (χ1) is 1.41. The Hall–Kier alpha value is 0.488. The van der Waals surface area contributed by atoms with Gasteiger partial charge in [0.2, 0.25) is 5.23 Å². The van der Waals surface area contributed by atoms with E-state index in [1.54, 1.807) is 0 Å². The number of hydrogen-bond donors (Lipinski definition) is 0. The van der Waals surface area contributed by atoms with Crippen LogP contribution in [0.1, 0.15) is 0 Å². The van der Waals surface area contributed by atoms with E-state index in [2.05, 4.69) is 12.2 Å².